The largest absolute Gasteiger partial charge is 0.423 e. The van der Waals surface area contributed by atoms with Gasteiger partial charge >= 0.3 is 5.97 Å². The summed E-state index contributed by atoms with van der Waals surface area (Å²) in [6.45, 7) is 1.36. The number of aromatic amines is 1. The highest BCUT2D eigenvalue weighted by atomic mass is 16.5. The van der Waals surface area contributed by atoms with Crippen LogP contribution >= 0.6 is 0 Å². The molecule has 0 aliphatic heterocycles. The van der Waals surface area contributed by atoms with E-state index in [2.05, 4.69) is 9.97 Å². The number of nitrogens with zero attached hydrogens (tertiary/aromatic N) is 1. The maximum atomic E-state index is 10.7. The fourth-order valence-corrected chi connectivity index (χ4v) is 1.16. The summed E-state index contributed by atoms with van der Waals surface area (Å²) in [4.78, 5) is 17.7. The van der Waals surface area contributed by atoms with Gasteiger partial charge in [-0.15, -0.1) is 0 Å². The molecule has 0 atom stereocenters. The molecule has 0 radical (unpaired) electrons. The Balaban J connectivity index is 2.51. The highest BCUT2D eigenvalue weighted by Gasteiger charge is 2.06. The molecule has 0 fully saturated rings. The molecule has 0 spiro atoms. The Kier molecular flexibility index (Phi) is 1.73. The lowest BCUT2D eigenvalue weighted by Gasteiger charge is -1.95. The number of ether oxygens (including phenoxy) is 1. The number of rotatable bonds is 1. The highest BCUT2D eigenvalue weighted by molar-refractivity contribution is 5.84. The summed E-state index contributed by atoms with van der Waals surface area (Å²) < 4.78 is 4.93. The van der Waals surface area contributed by atoms with Crippen LogP contribution in [-0.4, -0.2) is 15.9 Å². The van der Waals surface area contributed by atoms with Crippen molar-refractivity contribution in [1.82, 2.24) is 9.97 Å². The van der Waals surface area contributed by atoms with Gasteiger partial charge in [0, 0.05) is 19.3 Å². The average molecular weight is 176 g/mol. The molecule has 0 bridgehead atoms. The van der Waals surface area contributed by atoms with Gasteiger partial charge in [0.1, 0.15) is 5.52 Å². The number of carbonyl (C=O) groups is 1. The van der Waals surface area contributed by atoms with Gasteiger partial charge in [0.25, 0.3) is 0 Å². The molecular weight excluding hydrogens is 168 g/mol. The van der Waals surface area contributed by atoms with Crippen molar-refractivity contribution in [3.05, 3.63) is 24.5 Å². The molecule has 0 unspecified atom stereocenters. The Labute approximate surface area is 74.5 Å². The number of esters is 1. The van der Waals surface area contributed by atoms with Crippen molar-refractivity contribution >= 4 is 17.0 Å². The predicted molar refractivity (Wildman–Crippen MR) is 47.4 cm³/mol. The van der Waals surface area contributed by atoms with Gasteiger partial charge in [-0.3, -0.25) is 9.78 Å². The number of nitrogens with one attached hydrogen (secondary N) is 1. The van der Waals surface area contributed by atoms with Crippen LogP contribution in [0.3, 0.4) is 0 Å². The van der Waals surface area contributed by atoms with Crippen LogP contribution in [-0.2, 0) is 4.79 Å². The van der Waals surface area contributed by atoms with Crippen molar-refractivity contribution in [1.29, 1.82) is 0 Å². The Bertz CT molecular complexity index is 448. The van der Waals surface area contributed by atoms with E-state index in [0.29, 0.717) is 11.3 Å². The van der Waals surface area contributed by atoms with Crippen molar-refractivity contribution in [3.8, 4) is 5.75 Å². The first-order valence-corrected chi connectivity index (χ1v) is 3.88. The monoisotopic (exact) mass is 176 g/mol. The molecule has 2 aromatic rings. The molecule has 1 N–H and O–H groups in total. The standard InChI is InChI=1S/C9H8N2O2/c1-6(12)13-8-5-11-7-3-2-4-10-9(7)8/h2-5,11H,1H3. The zero-order chi connectivity index (χ0) is 9.26. The quantitative estimate of drug-likeness (QED) is 0.669. The van der Waals surface area contributed by atoms with E-state index in [9.17, 15) is 4.79 Å². The van der Waals surface area contributed by atoms with Gasteiger partial charge in [-0.2, -0.15) is 0 Å². The van der Waals surface area contributed by atoms with Gasteiger partial charge in [-0.1, -0.05) is 0 Å². The molecule has 0 aliphatic rings. The molecule has 4 heteroatoms. The summed E-state index contributed by atoms with van der Waals surface area (Å²) >= 11 is 0. The third-order valence-electron chi connectivity index (χ3n) is 1.65. The van der Waals surface area contributed by atoms with Crippen molar-refractivity contribution < 1.29 is 9.53 Å². The van der Waals surface area contributed by atoms with Crippen molar-refractivity contribution in [3.63, 3.8) is 0 Å². The lowest BCUT2D eigenvalue weighted by molar-refractivity contribution is -0.131. The van der Waals surface area contributed by atoms with Crippen LogP contribution in [0.2, 0.25) is 0 Å². The van der Waals surface area contributed by atoms with Crippen molar-refractivity contribution in [2.75, 3.05) is 0 Å². The van der Waals surface area contributed by atoms with Crippen LogP contribution in [0, 0.1) is 0 Å². The average Bonchev–Trinajstić information content (AvgIpc) is 2.48. The van der Waals surface area contributed by atoms with E-state index < -0.39 is 0 Å². The zero-order valence-electron chi connectivity index (χ0n) is 7.07. The number of pyridine rings is 1. The number of hydrogen-bond acceptors (Lipinski definition) is 3. The van der Waals surface area contributed by atoms with E-state index in [0.717, 1.165) is 5.52 Å². The molecule has 0 amide bonds. The van der Waals surface area contributed by atoms with Crippen LogP contribution in [0.15, 0.2) is 24.5 Å². The van der Waals surface area contributed by atoms with E-state index in [1.54, 1.807) is 12.4 Å². The molecule has 0 saturated carbocycles. The molecule has 0 aromatic carbocycles. The molecule has 2 aromatic heterocycles. The number of fused-ring (bicyclic) bond motifs is 1. The van der Waals surface area contributed by atoms with E-state index in [4.69, 9.17) is 4.74 Å². The summed E-state index contributed by atoms with van der Waals surface area (Å²) in [5.74, 6) is 0.134. The third-order valence-corrected chi connectivity index (χ3v) is 1.65. The molecular formula is C9H8N2O2. The summed E-state index contributed by atoms with van der Waals surface area (Å²) in [5.41, 5.74) is 1.54. The van der Waals surface area contributed by atoms with Gasteiger partial charge in [0.2, 0.25) is 0 Å². The summed E-state index contributed by atoms with van der Waals surface area (Å²) in [5, 5.41) is 0. The van der Waals surface area contributed by atoms with Crippen LogP contribution < -0.4 is 4.74 Å². The second-order valence-electron chi connectivity index (χ2n) is 2.65. The van der Waals surface area contributed by atoms with E-state index in [-0.39, 0.29) is 5.97 Å². The number of H-pyrrole nitrogens is 1. The second-order valence-corrected chi connectivity index (χ2v) is 2.65. The van der Waals surface area contributed by atoms with Crippen molar-refractivity contribution in [2.45, 2.75) is 6.92 Å². The number of hydrogen-bond donors (Lipinski definition) is 1. The van der Waals surface area contributed by atoms with Gasteiger partial charge in [-0.05, 0) is 12.1 Å². The first-order chi connectivity index (χ1) is 6.27. The second kappa shape index (κ2) is 2.90. The highest BCUT2D eigenvalue weighted by Crippen LogP contribution is 2.22. The fourth-order valence-electron chi connectivity index (χ4n) is 1.16. The van der Waals surface area contributed by atoms with E-state index in [1.165, 1.54) is 6.92 Å². The number of carbonyl (C=O) groups excluding carboxylic acids is 1. The first kappa shape index (κ1) is 7.79. The zero-order valence-corrected chi connectivity index (χ0v) is 7.07. The van der Waals surface area contributed by atoms with Gasteiger partial charge in [0.05, 0.1) is 5.52 Å². The van der Waals surface area contributed by atoms with Crippen LogP contribution in [0.25, 0.3) is 11.0 Å². The Morgan fingerprint density at radius 1 is 1.62 bits per heavy atom. The molecule has 0 aliphatic carbocycles. The maximum Gasteiger partial charge on any atom is 0.308 e. The lowest BCUT2D eigenvalue weighted by atomic mass is 10.4. The minimum atomic E-state index is -0.341. The Morgan fingerprint density at radius 3 is 3.23 bits per heavy atom. The number of aromatic nitrogens is 2. The summed E-state index contributed by atoms with van der Waals surface area (Å²) in [6.07, 6.45) is 3.28. The smallest absolute Gasteiger partial charge is 0.308 e. The normalized spacial score (nSPS) is 10.2. The van der Waals surface area contributed by atoms with Gasteiger partial charge in [-0.25, -0.2) is 0 Å². The fraction of sp³-hybridized carbons (Fsp3) is 0.111. The van der Waals surface area contributed by atoms with Crippen LogP contribution in [0.4, 0.5) is 0 Å². The van der Waals surface area contributed by atoms with Crippen LogP contribution in [0.1, 0.15) is 6.92 Å². The lowest BCUT2D eigenvalue weighted by Crippen LogP contribution is -2.00. The molecule has 2 heterocycles. The topological polar surface area (TPSA) is 55.0 Å². The molecule has 4 nitrogen and oxygen atoms in total. The van der Waals surface area contributed by atoms with E-state index >= 15 is 0 Å². The van der Waals surface area contributed by atoms with Gasteiger partial charge in [0.15, 0.2) is 5.75 Å². The molecule has 66 valence electrons. The molecule has 13 heavy (non-hydrogen) atoms. The Morgan fingerprint density at radius 2 is 2.46 bits per heavy atom. The molecule has 2 rings (SSSR count). The minimum Gasteiger partial charge on any atom is -0.423 e. The summed E-state index contributed by atoms with van der Waals surface area (Å²) in [6, 6.07) is 3.69. The van der Waals surface area contributed by atoms with Crippen molar-refractivity contribution in [2.24, 2.45) is 0 Å². The molecule has 0 saturated heterocycles. The third kappa shape index (κ3) is 1.38. The Hall–Kier alpha value is -1.84. The van der Waals surface area contributed by atoms with Gasteiger partial charge < -0.3 is 9.72 Å². The van der Waals surface area contributed by atoms with Crippen LogP contribution in [0.5, 0.6) is 5.75 Å². The SMILES string of the molecule is CC(=O)Oc1c[nH]c2cccnc12. The minimum absolute atomic E-state index is 0.341. The first-order valence-electron chi connectivity index (χ1n) is 3.88. The maximum absolute atomic E-state index is 10.7. The predicted octanol–water partition coefficient (Wildman–Crippen LogP) is 1.49. The summed E-state index contributed by atoms with van der Waals surface area (Å²) in [7, 11) is 0. The van der Waals surface area contributed by atoms with E-state index in [1.807, 2.05) is 12.1 Å².